The molecule has 8 nitrogen and oxygen atoms in total. The van der Waals surface area contributed by atoms with E-state index in [1.807, 2.05) is 0 Å². The SMILES string of the molecule is CC(C)(C)OC(=O)Nc1nc(CC(=O)n2cnnc2)cs1. The molecule has 2 aromatic heterocycles. The molecule has 0 fully saturated rings. The van der Waals surface area contributed by atoms with Crippen molar-refractivity contribution >= 4 is 28.5 Å². The van der Waals surface area contributed by atoms with Gasteiger partial charge in [-0.25, -0.2) is 9.78 Å². The Morgan fingerprint density at radius 3 is 2.62 bits per heavy atom. The zero-order valence-electron chi connectivity index (χ0n) is 11.9. The quantitative estimate of drug-likeness (QED) is 0.930. The van der Waals surface area contributed by atoms with E-state index >= 15 is 0 Å². The van der Waals surface area contributed by atoms with Gasteiger partial charge in [-0.05, 0) is 20.8 Å². The Bertz CT molecular complexity index is 630. The van der Waals surface area contributed by atoms with E-state index in [9.17, 15) is 9.59 Å². The monoisotopic (exact) mass is 309 g/mol. The standard InChI is InChI=1S/C12H15N5O3S/c1-12(2,3)20-11(19)16-10-15-8(5-21-10)4-9(18)17-6-13-14-7-17/h5-7H,4H2,1-3H3,(H,15,16,19). The van der Waals surface area contributed by atoms with Gasteiger partial charge in [-0.15, -0.1) is 21.5 Å². The average molecular weight is 309 g/mol. The minimum Gasteiger partial charge on any atom is -0.444 e. The highest BCUT2D eigenvalue weighted by Gasteiger charge is 2.17. The lowest BCUT2D eigenvalue weighted by molar-refractivity contribution is 0.0635. The Morgan fingerprint density at radius 2 is 2.00 bits per heavy atom. The van der Waals surface area contributed by atoms with Crippen LogP contribution in [0.5, 0.6) is 0 Å². The third kappa shape index (κ3) is 4.63. The summed E-state index contributed by atoms with van der Waals surface area (Å²) in [5.74, 6) is -0.200. The van der Waals surface area contributed by atoms with Gasteiger partial charge in [0, 0.05) is 5.38 Å². The molecular weight excluding hydrogens is 294 g/mol. The molecule has 0 spiro atoms. The summed E-state index contributed by atoms with van der Waals surface area (Å²) in [4.78, 5) is 27.6. The van der Waals surface area contributed by atoms with Gasteiger partial charge < -0.3 is 4.74 Å². The summed E-state index contributed by atoms with van der Waals surface area (Å²) in [5.41, 5.74) is -0.0149. The van der Waals surface area contributed by atoms with Crippen LogP contribution in [0.15, 0.2) is 18.0 Å². The lowest BCUT2D eigenvalue weighted by atomic mass is 10.2. The topological polar surface area (TPSA) is 99.0 Å². The van der Waals surface area contributed by atoms with Crippen molar-refractivity contribution in [2.75, 3.05) is 5.32 Å². The van der Waals surface area contributed by atoms with Crippen molar-refractivity contribution < 1.29 is 14.3 Å². The van der Waals surface area contributed by atoms with Gasteiger partial charge in [0.25, 0.3) is 0 Å². The lowest BCUT2D eigenvalue weighted by Crippen LogP contribution is -2.27. The Balaban J connectivity index is 1.92. The predicted molar refractivity (Wildman–Crippen MR) is 76.3 cm³/mol. The number of nitrogens with one attached hydrogen (secondary N) is 1. The molecule has 1 amide bonds. The minimum absolute atomic E-state index is 0.102. The van der Waals surface area contributed by atoms with Gasteiger partial charge in [0.05, 0.1) is 12.1 Å². The molecule has 0 radical (unpaired) electrons. The molecule has 2 heterocycles. The van der Waals surface area contributed by atoms with Crippen molar-refractivity contribution in [1.29, 1.82) is 0 Å². The van der Waals surface area contributed by atoms with Crippen molar-refractivity contribution in [2.24, 2.45) is 0 Å². The van der Waals surface area contributed by atoms with Crippen molar-refractivity contribution in [3.8, 4) is 0 Å². The molecule has 0 atom stereocenters. The van der Waals surface area contributed by atoms with E-state index in [0.29, 0.717) is 10.8 Å². The van der Waals surface area contributed by atoms with E-state index in [0.717, 1.165) is 0 Å². The molecule has 0 saturated carbocycles. The van der Waals surface area contributed by atoms with E-state index in [-0.39, 0.29) is 12.3 Å². The minimum atomic E-state index is -0.575. The van der Waals surface area contributed by atoms with Gasteiger partial charge in [-0.3, -0.25) is 14.7 Å². The number of rotatable bonds is 3. The molecule has 0 aliphatic carbocycles. The largest absolute Gasteiger partial charge is 0.444 e. The summed E-state index contributed by atoms with van der Waals surface area (Å²) in [7, 11) is 0. The number of hydrogen-bond donors (Lipinski definition) is 1. The van der Waals surface area contributed by atoms with Gasteiger partial charge in [0.2, 0.25) is 5.91 Å². The van der Waals surface area contributed by atoms with Crippen LogP contribution in [0, 0.1) is 0 Å². The number of nitrogens with zero attached hydrogens (tertiary/aromatic N) is 4. The molecule has 0 aliphatic heterocycles. The highest BCUT2D eigenvalue weighted by molar-refractivity contribution is 7.13. The molecule has 0 aromatic carbocycles. The number of hydrogen-bond acceptors (Lipinski definition) is 7. The van der Waals surface area contributed by atoms with Gasteiger partial charge in [-0.1, -0.05) is 0 Å². The molecule has 0 saturated heterocycles. The Hall–Kier alpha value is -2.29. The highest BCUT2D eigenvalue weighted by atomic mass is 32.1. The average Bonchev–Trinajstić information content (AvgIpc) is 2.97. The van der Waals surface area contributed by atoms with Gasteiger partial charge >= 0.3 is 6.09 Å². The fourth-order valence-electron chi connectivity index (χ4n) is 1.41. The molecule has 0 aliphatic rings. The molecule has 1 N–H and O–H groups in total. The van der Waals surface area contributed by atoms with Crippen molar-refractivity contribution in [3.63, 3.8) is 0 Å². The summed E-state index contributed by atoms with van der Waals surface area (Å²) in [6.07, 6.45) is 2.18. The van der Waals surface area contributed by atoms with E-state index in [2.05, 4.69) is 20.5 Å². The number of thiazole rings is 1. The number of carbonyl (C=O) groups is 2. The van der Waals surface area contributed by atoms with Crippen LogP contribution in [0.3, 0.4) is 0 Å². The fraction of sp³-hybridized carbons (Fsp3) is 0.417. The summed E-state index contributed by atoms with van der Waals surface area (Å²) < 4.78 is 6.40. The molecule has 0 unspecified atom stereocenters. The van der Waals surface area contributed by atoms with Crippen LogP contribution in [0.2, 0.25) is 0 Å². The van der Waals surface area contributed by atoms with E-state index < -0.39 is 11.7 Å². The first-order valence-electron chi connectivity index (χ1n) is 6.16. The molecule has 9 heteroatoms. The number of anilines is 1. The zero-order valence-corrected chi connectivity index (χ0v) is 12.7. The Kier molecular flexibility index (Phi) is 4.32. The summed E-state index contributed by atoms with van der Waals surface area (Å²) in [5, 5.41) is 11.7. The first kappa shape index (κ1) is 15.1. The van der Waals surface area contributed by atoms with Crippen LogP contribution in [0.25, 0.3) is 0 Å². The second-order valence-corrected chi connectivity index (χ2v) is 6.07. The van der Waals surface area contributed by atoms with E-state index in [4.69, 9.17) is 4.74 Å². The van der Waals surface area contributed by atoms with Crippen LogP contribution in [-0.4, -0.2) is 37.3 Å². The maximum Gasteiger partial charge on any atom is 0.413 e. The van der Waals surface area contributed by atoms with Crippen LogP contribution in [-0.2, 0) is 11.2 Å². The summed E-state index contributed by atoms with van der Waals surface area (Å²) in [6.45, 7) is 5.33. The van der Waals surface area contributed by atoms with Crippen LogP contribution in [0.1, 0.15) is 31.3 Å². The number of amides is 1. The van der Waals surface area contributed by atoms with Crippen LogP contribution >= 0.6 is 11.3 Å². The van der Waals surface area contributed by atoms with Crippen molar-refractivity contribution in [1.82, 2.24) is 19.7 Å². The van der Waals surface area contributed by atoms with E-state index in [1.165, 1.54) is 28.6 Å². The molecule has 2 aromatic rings. The maximum atomic E-state index is 11.8. The Labute approximate surface area is 125 Å². The molecule has 21 heavy (non-hydrogen) atoms. The second-order valence-electron chi connectivity index (χ2n) is 5.21. The maximum absolute atomic E-state index is 11.8. The highest BCUT2D eigenvalue weighted by Crippen LogP contribution is 2.17. The first-order chi connectivity index (χ1) is 9.83. The fourth-order valence-corrected chi connectivity index (χ4v) is 2.11. The third-order valence-electron chi connectivity index (χ3n) is 2.20. The second kappa shape index (κ2) is 6.00. The van der Waals surface area contributed by atoms with Crippen LogP contribution < -0.4 is 5.32 Å². The van der Waals surface area contributed by atoms with Crippen LogP contribution in [0.4, 0.5) is 9.93 Å². The molecule has 0 bridgehead atoms. The summed E-state index contributed by atoms with van der Waals surface area (Å²) >= 11 is 1.23. The number of ether oxygens (including phenoxy) is 1. The molecule has 112 valence electrons. The predicted octanol–water partition coefficient (Wildman–Crippen LogP) is 1.96. The molecular formula is C12H15N5O3S. The van der Waals surface area contributed by atoms with Gasteiger partial charge in [-0.2, -0.15) is 0 Å². The van der Waals surface area contributed by atoms with E-state index in [1.54, 1.807) is 26.2 Å². The number of carbonyl (C=O) groups excluding carboxylic acids is 2. The number of aromatic nitrogens is 4. The Morgan fingerprint density at radius 1 is 1.33 bits per heavy atom. The lowest BCUT2D eigenvalue weighted by Gasteiger charge is -2.18. The van der Waals surface area contributed by atoms with Gasteiger partial charge in [0.15, 0.2) is 5.13 Å². The summed E-state index contributed by atoms with van der Waals surface area (Å²) in [6, 6.07) is 0. The first-order valence-corrected chi connectivity index (χ1v) is 7.04. The smallest absolute Gasteiger partial charge is 0.413 e. The third-order valence-corrected chi connectivity index (χ3v) is 3.01. The van der Waals surface area contributed by atoms with Gasteiger partial charge in [0.1, 0.15) is 18.3 Å². The normalized spacial score (nSPS) is 11.2. The zero-order chi connectivity index (χ0) is 15.5. The molecule has 2 rings (SSSR count). The van der Waals surface area contributed by atoms with Crippen molar-refractivity contribution in [2.45, 2.75) is 32.8 Å². The van der Waals surface area contributed by atoms with Crippen molar-refractivity contribution in [3.05, 3.63) is 23.7 Å².